The molecule has 148 valence electrons. The van der Waals surface area contributed by atoms with E-state index in [0.717, 1.165) is 32.1 Å². The monoisotopic (exact) mass is 385 g/mol. The Bertz CT molecular complexity index is 705. The molecule has 26 heavy (non-hydrogen) atoms. The van der Waals surface area contributed by atoms with Gasteiger partial charge in [0, 0.05) is 12.3 Å². The van der Waals surface area contributed by atoms with Gasteiger partial charge in [0.15, 0.2) is 0 Å². The van der Waals surface area contributed by atoms with Crippen molar-refractivity contribution in [3.63, 3.8) is 0 Å². The van der Waals surface area contributed by atoms with Gasteiger partial charge in [0.05, 0.1) is 12.2 Å². The molecular weight excluding hydrogens is 356 g/mol. The van der Waals surface area contributed by atoms with Gasteiger partial charge in [-0.2, -0.15) is 0 Å². The van der Waals surface area contributed by atoms with E-state index in [-0.39, 0.29) is 28.6 Å². The predicted molar refractivity (Wildman–Crippen MR) is 92.7 cm³/mol. The van der Waals surface area contributed by atoms with Crippen molar-refractivity contribution >= 4 is 16.2 Å². The molecule has 4 aliphatic rings. The molecule has 0 aromatic rings. The number of hydrogen-bond acceptors (Lipinski definition) is 6. The van der Waals surface area contributed by atoms with Gasteiger partial charge in [0.25, 0.3) is 0 Å². The lowest BCUT2D eigenvalue weighted by atomic mass is 9.45. The van der Waals surface area contributed by atoms with Crippen molar-refractivity contribution < 1.29 is 27.1 Å². The predicted octanol–water partition coefficient (Wildman–Crippen LogP) is 2.41. The van der Waals surface area contributed by atoms with Crippen LogP contribution in [0.4, 0.5) is 0 Å². The van der Waals surface area contributed by atoms with Crippen molar-refractivity contribution in [3.05, 3.63) is 0 Å². The highest BCUT2D eigenvalue weighted by molar-refractivity contribution is 7.80. The smallest absolute Gasteiger partial charge is 0.217 e. The summed E-state index contributed by atoms with van der Waals surface area (Å²) in [6, 6.07) is 0. The fraction of sp³-hybridized carbons (Fsp3) is 0.947. The topological polar surface area (TPSA) is 104 Å². The molecule has 1 N–H and O–H groups in total. The normalized spacial score (nSPS) is 51.5. The summed E-state index contributed by atoms with van der Waals surface area (Å²) in [4.78, 5) is 13.0. The van der Waals surface area contributed by atoms with Crippen LogP contribution in [0.5, 0.6) is 0 Å². The fourth-order valence-corrected chi connectivity index (χ4v) is 7.74. The number of aliphatic hydroxyl groups excluding tert-OH is 1. The van der Waals surface area contributed by atoms with E-state index >= 15 is 0 Å². The van der Waals surface area contributed by atoms with Gasteiger partial charge in [0.1, 0.15) is 5.78 Å². The zero-order valence-electron chi connectivity index (χ0n) is 15.5. The molecule has 0 aromatic carbocycles. The summed E-state index contributed by atoms with van der Waals surface area (Å²) in [5.41, 5.74) is -0.219. The van der Waals surface area contributed by atoms with E-state index in [9.17, 15) is 22.9 Å². The Kier molecular flexibility index (Phi) is 4.35. The average Bonchev–Trinajstić information content (AvgIpc) is 2.83. The third-order valence-electron chi connectivity index (χ3n) is 8.61. The third kappa shape index (κ3) is 2.77. The minimum Gasteiger partial charge on any atom is -0.726 e. The van der Waals surface area contributed by atoms with Gasteiger partial charge in [-0.3, -0.25) is 8.98 Å². The van der Waals surface area contributed by atoms with Crippen LogP contribution in [0.3, 0.4) is 0 Å². The molecule has 0 radical (unpaired) electrons. The second kappa shape index (κ2) is 6.00. The van der Waals surface area contributed by atoms with Crippen LogP contribution in [0, 0.1) is 34.5 Å². The van der Waals surface area contributed by atoms with Gasteiger partial charge < -0.3 is 9.66 Å². The first kappa shape index (κ1) is 18.8. The molecule has 0 aliphatic heterocycles. The molecule has 4 saturated carbocycles. The molecule has 0 heterocycles. The van der Waals surface area contributed by atoms with Gasteiger partial charge in [-0.1, -0.05) is 13.8 Å². The van der Waals surface area contributed by atoms with Crippen LogP contribution in [-0.4, -0.2) is 36.1 Å². The van der Waals surface area contributed by atoms with Crippen LogP contribution in [0.25, 0.3) is 0 Å². The summed E-state index contributed by atoms with van der Waals surface area (Å²) in [6.07, 6.45) is 4.99. The molecule has 7 heteroatoms. The van der Waals surface area contributed by atoms with E-state index in [1.165, 1.54) is 0 Å². The third-order valence-corrected chi connectivity index (χ3v) is 9.12. The Morgan fingerprint density at radius 3 is 2.42 bits per heavy atom. The number of ketones is 1. The van der Waals surface area contributed by atoms with Crippen LogP contribution in [0.1, 0.15) is 65.2 Å². The average molecular weight is 386 g/mol. The Morgan fingerprint density at radius 1 is 1.08 bits per heavy atom. The van der Waals surface area contributed by atoms with Crippen LogP contribution in [-0.2, 0) is 19.4 Å². The van der Waals surface area contributed by atoms with Crippen molar-refractivity contribution in [2.75, 3.05) is 0 Å². The maximum Gasteiger partial charge on any atom is 0.217 e. The molecule has 4 rings (SSSR count). The lowest BCUT2D eigenvalue weighted by Gasteiger charge is -2.60. The number of carbonyl (C=O) groups excluding carboxylic acids is 1. The molecule has 0 bridgehead atoms. The standard InChI is InChI=1S/C19H30O6S/c1-18-7-5-11(25-26(22,23)24)9-15(18)16(20)10-12-13-3-4-17(21)19(13,2)8-6-14(12)18/h11-15,17,21H,3-10H2,1-2H3,(H,22,23,24)/p-1/t11-,12-,13-,14-,15?,17?,18+,19-/m0/s1. The highest BCUT2D eigenvalue weighted by Crippen LogP contribution is 2.65. The molecule has 6 nitrogen and oxygen atoms in total. The van der Waals surface area contributed by atoms with Crippen molar-refractivity contribution in [2.24, 2.45) is 34.5 Å². The Morgan fingerprint density at radius 2 is 1.73 bits per heavy atom. The first-order chi connectivity index (χ1) is 12.0. The highest BCUT2D eigenvalue weighted by atomic mass is 32.3. The van der Waals surface area contributed by atoms with Crippen LogP contribution < -0.4 is 0 Å². The Hall–Kier alpha value is -0.500. The van der Waals surface area contributed by atoms with E-state index in [4.69, 9.17) is 0 Å². The summed E-state index contributed by atoms with van der Waals surface area (Å²) < 4.78 is 37.5. The quantitative estimate of drug-likeness (QED) is 0.578. The van der Waals surface area contributed by atoms with E-state index in [0.29, 0.717) is 37.0 Å². The number of carbonyl (C=O) groups is 1. The van der Waals surface area contributed by atoms with Crippen LogP contribution >= 0.6 is 0 Å². The maximum absolute atomic E-state index is 13.0. The van der Waals surface area contributed by atoms with Crippen LogP contribution in [0.2, 0.25) is 0 Å². The van der Waals surface area contributed by atoms with Crippen molar-refractivity contribution in [3.8, 4) is 0 Å². The van der Waals surface area contributed by atoms with Gasteiger partial charge in [-0.15, -0.1) is 0 Å². The molecule has 2 unspecified atom stereocenters. The lowest BCUT2D eigenvalue weighted by molar-refractivity contribution is -0.160. The molecular formula is C19H29O6S-. The second-order valence-electron chi connectivity index (χ2n) is 9.64. The van der Waals surface area contributed by atoms with E-state index in [1.807, 2.05) is 0 Å². The number of aliphatic hydroxyl groups is 1. The molecule has 8 atom stereocenters. The highest BCUT2D eigenvalue weighted by Gasteiger charge is 2.62. The minimum absolute atomic E-state index is 0.0679. The largest absolute Gasteiger partial charge is 0.726 e. The summed E-state index contributed by atoms with van der Waals surface area (Å²) in [5, 5.41) is 10.5. The molecule has 0 spiro atoms. The number of hydrogen-bond donors (Lipinski definition) is 1. The number of fused-ring (bicyclic) bond motifs is 5. The lowest BCUT2D eigenvalue weighted by Crippen LogP contribution is -2.57. The van der Waals surface area contributed by atoms with Crippen molar-refractivity contribution in [1.29, 1.82) is 0 Å². The van der Waals surface area contributed by atoms with E-state index in [1.54, 1.807) is 0 Å². The molecule has 0 saturated heterocycles. The molecule has 4 fully saturated rings. The van der Waals surface area contributed by atoms with E-state index in [2.05, 4.69) is 18.0 Å². The number of rotatable bonds is 2. The maximum atomic E-state index is 13.0. The van der Waals surface area contributed by atoms with Gasteiger partial charge in [-0.05, 0) is 73.5 Å². The zero-order chi connectivity index (χ0) is 18.9. The molecule has 4 aliphatic carbocycles. The van der Waals surface area contributed by atoms with E-state index < -0.39 is 16.5 Å². The summed E-state index contributed by atoms with van der Waals surface area (Å²) in [7, 11) is -4.74. The number of Topliss-reactive ketones (excluding diaryl/α,β-unsaturated/α-hetero) is 1. The van der Waals surface area contributed by atoms with Gasteiger partial charge in [0.2, 0.25) is 10.4 Å². The first-order valence-corrected chi connectivity index (χ1v) is 11.2. The summed E-state index contributed by atoms with van der Waals surface area (Å²) in [6.45, 7) is 4.37. The Balaban J connectivity index is 1.59. The SMILES string of the molecule is C[C@]12CC[C@H](OS(=O)(=O)[O-])CC1C(=O)C[C@@H]1[C@@H]2CC[C@]2(C)C(O)CC[C@@H]12. The fourth-order valence-electron chi connectivity index (χ4n) is 7.23. The summed E-state index contributed by atoms with van der Waals surface area (Å²) in [5.74, 6) is 1.11. The summed E-state index contributed by atoms with van der Waals surface area (Å²) >= 11 is 0. The molecule has 0 amide bonds. The van der Waals surface area contributed by atoms with Crippen molar-refractivity contribution in [2.45, 2.75) is 77.4 Å². The Labute approximate surface area is 155 Å². The van der Waals surface area contributed by atoms with Crippen LogP contribution in [0.15, 0.2) is 0 Å². The van der Waals surface area contributed by atoms with Crippen molar-refractivity contribution in [1.82, 2.24) is 0 Å². The van der Waals surface area contributed by atoms with Gasteiger partial charge >= 0.3 is 0 Å². The second-order valence-corrected chi connectivity index (χ2v) is 10.7. The first-order valence-electron chi connectivity index (χ1n) is 9.89. The molecule has 0 aromatic heterocycles. The van der Waals surface area contributed by atoms with Gasteiger partial charge in [-0.25, -0.2) is 8.42 Å². The zero-order valence-corrected chi connectivity index (χ0v) is 16.3. The minimum atomic E-state index is -4.74.